The molecule has 0 saturated heterocycles. The van der Waals surface area contributed by atoms with Crippen molar-refractivity contribution in [1.82, 2.24) is 19.7 Å². The molecule has 150 valence electrons. The summed E-state index contributed by atoms with van der Waals surface area (Å²) < 4.78 is 1.35. The van der Waals surface area contributed by atoms with Crippen LogP contribution in [0.15, 0.2) is 53.7 Å². The van der Waals surface area contributed by atoms with Gasteiger partial charge in [0.1, 0.15) is 5.56 Å². The highest BCUT2D eigenvalue weighted by Crippen LogP contribution is 2.09. The van der Waals surface area contributed by atoms with Gasteiger partial charge in [0, 0.05) is 26.0 Å². The number of H-pyrrole nitrogens is 1. The van der Waals surface area contributed by atoms with Gasteiger partial charge in [-0.15, -0.1) is 0 Å². The summed E-state index contributed by atoms with van der Waals surface area (Å²) in [5, 5.41) is 6.59. The van der Waals surface area contributed by atoms with Crippen LogP contribution in [0.1, 0.15) is 37.4 Å². The van der Waals surface area contributed by atoms with Gasteiger partial charge in [-0.2, -0.15) is 5.10 Å². The van der Waals surface area contributed by atoms with E-state index in [1.54, 1.807) is 19.4 Å². The molecular formula is C21H23N5O3. The number of aromatic amines is 1. The maximum Gasteiger partial charge on any atom is 0.263 e. The lowest BCUT2D eigenvalue weighted by Gasteiger charge is -2.18. The summed E-state index contributed by atoms with van der Waals surface area (Å²) in [5.74, 6) is -1.15. The molecule has 0 aliphatic heterocycles. The van der Waals surface area contributed by atoms with Crippen LogP contribution in [0.25, 0.3) is 0 Å². The van der Waals surface area contributed by atoms with Gasteiger partial charge in [-0.3, -0.25) is 19.5 Å². The molecule has 3 rings (SSSR count). The number of carbonyl (C=O) groups is 2. The van der Waals surface area contributed by atoms with E-state index >= 15 is 0 Å². The minimum absolute atomic E-state index is 0.0800. The smallest absolute Gasteiger partial charge is 0.263 e. The number of likely N-dealkylation sites (N-methyl/N-ethyl adjacent to an activating group) is 1. The Balaban J connectivity index is 1.90. The van der Waals surface area contributed by atoms with Crippen LogP contribution in [-0.2, 0) is 13.0 Å². The quantitative estimate of drug-likeness (QED) is 0.630. The van der Waals surface area contributed by atoms with E-state index < -0.39 is 17.4 Å². The fourth-order valence-electron chi connectivity index (χ4n) is 3.07. The topological polar surface area (TPSA) is 114 Å². The van der Waals surface area contributed by atoms with Gasteiger partial charge < -0.3 is 15.2 Å². The number of hydrogen-bond donors (Lipinski definition) is 2. The van der Waals surface area contributed by atoms with Crippen LogP contribution >= 0.6 is 0 Å². The standard InChI is InChI=1S/C21H23N5O3/c1-14-4-3-5-15(8-14)12-26-13-17(19(22)27)9-18(21(26)29)20(28)25(2)7-6-16-10-23-24-11-16/h3-5,8-11,13H,6-7,12H2,1-2H3,(H2,22,27)(H,23,24). The average Bonchev–Trinajstić information content (AvgIpc) is 3.20. The summed E-state index contributed by atoms with van der Waals surface area (Å²) in [6, 6.07) is 8.95. The van der Waals surface area contributed by atoms with E-state index in [2.05, 4.69) is 10.2 Å². The second kappa shape index (κ2) is 8.55. The lowest BCUT2D eigenvalue weighted by Crippen LogP contribution is -2.36. The number of pyridine rings is 1. The van der Waals surface area contributed by atoms with Crippen LogP contribution in [-0.4, -0.2) is 45.1 Å². The lowest BCUT2D eigenvalue weighted by atomic mass is 10.1. The minimum atomic E-state index is -0.696. The zero-order chi connectivity index (χ0) is 21.0. The van der Waals surface area contributed by atoms with Crippen LogP contribution in [0, 0.1) is 6.92 Å². The summed E-state index contributed by atoms with van der Waals surface area (Å²) in [4.78, 5) is 39.1. The van der Waals surface area contributed by atoms with E-state index in [0.29, 0.717) is 13.0 Å². The summed E-state index contributed by atoms with van der Waals surface area (Å²) in [6.45, 7) is 2.59. The number of nitrogens with two attached hydrogens (primary N) is 1. The second-order valence-electron chi connectivity index (χ2n) is 7.01. The van der Waals surface area contributed by atoms with Gasteiger partial charge in [-0.1, -0.05) is 29.8 Å². The fourth-order valence-corrected chi connectivity index (χ4v) is 3.07. The van der Waals surface area contributed by atoms with Crippen LogP contribution in [0.3, 0.4) is 0 Å². The van der Waals surface area contributed by atoms with Crippen LogP contribution in [0.4, 0.5) is 0 Å². The average molecular weight is 393 g/mol. The molecule has 0 atom stereocenters. The Morgan fingerprint density at radius 1 is 1.24 bits per heavy atom. The molecule has 0 saturated carbocycles. The number of benzene rings is 1. The number of amides is 2. The number of aromatic nitrogens is 3. The third-order valence-corrected chi connectivity index (χ3v) is 4.67. The van der Waals surface area contributed by atoms with E-state index in [9.17, 15) is 14.4 Å². The third kappa shape index (κ3) is 4.78. The Bertz CT molecular complexity index is 1090. The molecule has 0 aliphatic rings. The molecule has 0 aliphatic carbocycles. The number of aryl methyl sites for hydroxylation is 1. The lowest BCUT2D eigenvalue weighted by molar-refractivity contribution is 0.0794. The molecule has 1 aromatic carbocycles. The Morgan fingerprint density at radius 3 is 2.69 bits per heavy atom. The molecule has 3 aromatic rings. The summed E-state index contributed by atoms with van der Waals surface area (Å²) in [6.07, 6.45) is 5.42. The fraction of sp³-hybridized carbons (Fsp3) is 0.238. The number of rotatable bonds is 7. The molecule has 0 radical (unpaired) electrons. The predicted octanol–water partition coefficient (Wildman–Crippen LogP) is 1.34. The molecule has 0 bridgehead atoms. The summed E-state index contributed by atoms with van der Waals surface area (Å²) in [5.41, 5.74) is 7.90. The first kappa shape index (κ1) is 20.1. The van der Waals surface area contributed by atoms with Gasteiger partial charge in [0.2, 0.25) is 5.91 Å². The zero-order valence-electron chi connectivity index (χ0n) is 16.4. The first-order chi connectivity index (χ1) is 13.8. The maximum atomic E-state index is 13.0. The van der Waals surface area contributed by atoms with Crippen molar-refractivity contribution in [2.45, 2.75) is 19.9 Å². The Morgan fingerprint density at radius 2 is 2.03 bits per heavy atom. The Labute approximate surface area is 168 Å². The predicted molar refractivity (Wildman–Crippen MR) is 109 cm³/mol. The van der Waals surface area contributed by atoms with E-state index in [1.807, 2.05) is 31.2 Å². The SMILES string of the molecule is Cc1cccc(Cn2cc(C(N)=O)cc(C(=O)N(C)CCc3cn[nH]c3)c2=O)c1. The normalized spacial score (nSPS) is 10.7. The van der Waals surface area contributed by atoms with Gasteiger partial charge in [0.15, 0.2) is 0 Å². The highest BCUT2D eigenvalue weighted by atomic mass is 16.2. The van der Waals surface area contributed by atoms with Crippen molar-refractivity contribution in [2.24, 2.45) is 5.73 Å². The van der Waals surface area contributed by atoms with Gasteiger partial charge >= 0.3 is 0 Å². The summed E-state index contributed by atoms with van der Waals surface area (Å²) in [7, 11) is 1.61. The van der Waals surface area contributed by atoms with Crippen molar-refractivity contribution in [2.75, 3.05) is 13.6 Å². The molecular weight excluding hydrogens is 370 g/mol. The van der Waals surface area contributed by atoms with Crippen molar-refractivity contribution < 1.29 is 9.59 Å². The zero-order valence-corrected chi connectivity index (χ0v) is 16.4. The van der Waals surface area contributed by atoms with Crippen molar-refractivity contribution in [3.63, 3.8) is 0 Å². The molecule has 8 heteroatoms. The van der Waals surface area contributed by atoms with E-state index in [-0.39, 0.29) is 17.7 Å². The molecule has 2 heterocycles. The highest BCUT2D eigenvalue weighted by molar-refractivity contribution is 5.98. The monoisotopic (exact) mass is 393 g/mol. The molecule has 0 unspecified atom stereocenters. The Kier molecular flexibility index (Phi) is 5.92. The van der Waals surface area contributed by atoms with Crippen molar-refractivity contribution in [3.8, 4) is 0 Å². The van der Waals surface area contributed by atoms with Gasteiger partial charge in [-0.05, 0) is 30.5 Å². The van der Waals surface area contributed by atoms with Crippen molar-refractivity contribution >= 4 is 11.8 Å². The Hall–Kier alpha value is -3.68. The van der Waals surface area contributed by atoms with Crippen LogP contribution in [0.2, 0.25) is 0 Å². The molecule has 29 heavy (non-hydrogen) atoms. The number of nitrogens with one attached hydrogen (secondary N) is 1. The highest BCUT2D eigenvalue weighted by Gasteiger charge is 2.20. The minimum Gasteiger partial charge on any atom is -0.366 e. The van der Waals surface area contributed by atoms with Gasteiger partial charge in [0.25, 0.3) is 11.5 Å². The van der Waals surface area contributed by atoms with E-state index in [4.69, 9.17) is 5.73 Å². The molecule has 0 fully saturated rings. The number of carbonyl (C=O) groups excluding carboxylic acids is 2. The second-order valence-corrected chi connectivity index (χ2v) is 7.01. The molecule has 0 spiro atoms. The molecule has 3 N–H and O–H groups in total. The first-order valence-electron chi connectivity index (χ1n) is 9.18. The van der Waals surface area contributed by atoms with Crippen molar-refractivity contribution in [3.05, 3.63) is 87.1 Å². The number of primary amides is 1. The summed E-state index contributed by atoms with van der Waals surface area (Å²) >= 11 is 0. The van der Waals surface area contributed by atoms with Crippen LogP contribution < -0.4 is 11.3 Å². The molecule has 2 aromatic heterocycles. The van der Waals surface area contributed by atoms with E-state index in [1.165, 1.54) is 21.7 Å². The molecule has 2 amide bonds. The number of nitrogens with zero attached hydrogens (tertiary/aromatic N) is 3. The van der Waals surface area contributed by atoms with Crippen molar-refractivity contribution in [1.29, 1.82) is 0 Å². The largest absolute Gasteiger partial charge is 0.366 e. The van der Waals surface area contributed by atoms with Gasteiger partial charge in [0.05, 0.1) is 18.3 Å². The number of hydrogen-bond acceptors (Lipinski definition) is 4. The van der Waals surface area contributed by atoms with E-state index in [0.717, 1.165) is 16.7 Å². The third-order valence-electron chi connectivity index (χ3n) is 4.67. The van der Waals surface area contributed by atoms with Gasteiger partial charge in [-0.25, -0.2) is 0 Å². The van der Waals surface area contributed by atoms with Crippen LogP contribution in [0.5, 0.6) is 0 Å². The maximum absolute atomic E-state index is 13.0. The first-order valence-corrected chi connectivity index (χ1v) is 9.18. The molecule has 8 nitrogen and oxygen atoms in total.